The molecule has 3 rings (SSSR count). The average Bonchev–Trinajstić information content (AvgIpc) is 3.22. The summed E-state index contributed by atoms with van der Waals surface area (Å²) in [5.41, 5.74) is 2.08. The van der Waals surface area contributed by atoms with E-state index >= 15 is 0 Å². The number of pyridine rings is 1. The molecule has 0 spiro atoms. The Bertz CT molecular complexity index is 986. The normalized spacial score (nSPS) is 10.2. The molecule has 3 aromatic heterocycles. The van der Waals surface area contributed by atoms with Crippen molar-refractivity contribution in [2.75, 3.05) is 13.1 Å². The Morgan fingerprint density at radius 2 is 2.00 bits per heavy atom. The number of hydrogen-bond donors (Lipinski definition) is 1. The topological polar surface area (TPSA) is 105 Å². The summed E-state index contributed by atoms with van der Waals surface area (Å²) < 4.78 is 23.8. The van der Waals surface area contributed by atoms with Crippen LogP contribution in [0.25, 0.3) is 5.65 Å². The zero-order chi connectivity index (χ0) is 18.4. The molecule has 0 unspecified atom stereocenters. The molecule has 134 valence electrons. The Kier molecular flexibility index (Phi) is 6.12. The van der Waals surface area contributed by atoms with Gasteiger partial charge in [-0.15, -0.1) is 0 Å². The molecule has 9 nitrogen and oxygen atoms in total. The molecule has 25 heavy (non-hydrogen) atoms. The van der Waals surface area contributed by atoms with E-state index in [1.54, 1.807) is 0 Å². The second-order valence-corrected chi connectivity index (χ2v) is 5.93. The van der Waals surface area contributed by atoms with Gasteiger partial charge >= 0.3 is 6.03 Å². The van der Waals surface area contributed by atoms with E-state index in [1.165, 1.54) is 4.90 Å². The van der Waals surface area contributed by atoms with Gasteiger partial charge in [-0.1, -0.05) is 6.07 Å². The van der Waals surface area contributed by atoms with Gasteiger partial charge in [-0.25, -0.2) is 14.8 Å². The van der Waals surface area contributed by atoms with Crippen molar-refractivity contribution in [3.63, 3.8) is 0 Å². The fourth-order valence-corrected chi connectivity index (χ4v) is 2.46. The van der Waals surface area contributed by atoms with Gasteiger partial charge < -0.3 is 9.30 Å². The fraction of sp³-hybridized carbons (Fsp3) is 0.333. The number of fused-ring (bicyclic) bond motifs is 1. The summed E-state index contributed by atoms with van der Waals surface area (Å²) in [4.78, 5) is 21.0. The molecule has 0 saturated carbocycles. The van der Waals surface area contributed by atoms with Gasteiger partial charge in [0.1, 0.15) is 12.0 Å². The van der Waals surface area contributed by atoms with Crippen LogP contribution in [0, 0.1) is 11.7 Å². The van der Waals surface area contributed by atoms with E-state index in [0.29, 0.717) is 13.1 Å². The van der Waals surface area contributed by atoms with Crippen molar-refractivity contribution in [3.8, 4) is 0 Å². The molecule has 0 aliphatic rings. The van der Waals surface area contributed by atoms with Crippen molar-refractivity contribution >= 4 is 22.0 Å². The number of H-pyrrole nitrogens is 1. The van der Waals surface area contributed by atoms with Crippen LogP contribution in [0.5, 0.6) is 0 Å². The SMILES string of the molecule is CCN(CC)C(=O)n1cnc(=S(=O)=O)[nH]1.Cc1cn2ccccc2n1. The lowest BCUT2D eigenvalue weighted by Gasteiger charge is -2.17. The second kappa shape index (κ2) is 8.29. The second-order valence-electron chi connectivity index (χ2n) is 5.07. The molecular weight excluding hydrogens is 344 g/mol. The van der Waals surface area contributed by atoms with Crippen molar-refractivity contribution in [2.24, 2.45) is 0 Å². The first-order chi connectivity index (χ1) is 12.0. The highest BCUT2D eigenvalue weighted by molar-refractivity contribution is 7.63. The van der Waals surface area contributed by atoms with Gasteiger partial charge in [0.2, 0.25) is 0 Å². The van der Waals surface area contributed by atoms with Gasteiger partial charge in [0, 0.05) is 25.5 Å². The number of aromatic amines is 1. The number of nitrogens with one attached hydrogen (secondary N) is 1. The Morgan fingerprint density at radius 3 is 2.56 bits per heavy atom. The summed E-state index contributed by atoms with van der Waals surface area (Å²) in [5, 5.41) is 2.36. The van der Waals surface area contributed by atoms with Crippen LogP contribution in [0.3, 0.4) is 0 Å². The molecule has 3 aromatic rings. The Morgan fingerprint density at radius 1 is 1.28 bits per heavy atom. The molecule has 1 amide bonds. The van der Waals surface area contributed by atoms with Crippen LogP contribution in [0.4, 0.5) is 4.79 Å². The molecule has 0 aromatic carbocycles. The monoisotopic (exact) mass is 364 g/mol. The number of rotatable bonds is 2. The van der Waals surface area contributed by atoms with E-state index in [2.05, 4.69) is 15.1 Å². The maximum Gasteiger partial charge on any atom is 0.344 e. The van der Waals surface area contributed by atoms with Gasteiger partial charge in [-0.2, -0.15) is 13.1 Å². The van der Waals surface area contributed by atoms with Crippen LogP contribution in [0.2, 0.25) is 0 Å². The molecule has 0 bridgehead atoms. The third-order valence-electron chi connectivity index (χ3n) is 3.39. The number of aromatic nitrogens is 5. The lowest BCUT2D eigenvalue weighted by molar-refractivity contribution is 0.201. The molecular formula is C15H20N6O3S. The molecule has 1 N–H and O–H groups in total. The van der Waals surface area contributed by atoms with Crippen LogP contribution in [0.15, 0.2) is 36.9 Å². The van der Waals surface area contributed by atoms with E-state index in [4.69, 9.17) is 0 Å². The summed E-state index contributed by atoms with van der Waals surface area (Å²) in [6.45, 7) is 6.78. The summed E-state index contributed by atoms with van der Waals surface area (Å²) in [6.07, 6.45) is 5.15. The van der Waals surface area contributed by atoms with E-state index in [1.807, 2.05) is 55.8 Å². The van der Waals surface area contributed by atoms with Crippen LogP contribution in [-0.2, 0) is 10.3 Å². The fourth-order valence-electron chi connectivity index (χ4n) is 2.16. The van der Waals surface area contributed by atoms with Crippen LogP contribution < -0.4 is 0 Å². The van der Waals surface area contributed by atoms with Crippen LogP contribution in [-0.4, -0.2) is 56.6 Å². The highest BCUT2D eigenvalue weighted by Gasteiger charge is 2.11. The third kappa shape index (κ3) is 4.57. The van der Waals surface area contributed by atoms with Gasteiger partial charge in [-0.05, 0) is 32.9 Å². The minimum Gasteiger partial charge on any atom is -0.323 e. The lowest BCUT2D eigenvalue weighted by Crippen LogP contribution is -2.34. The largest absolute Gasteiger partial charge is 0.344 e. The number of amides is 1. The Balaban J connectivity index is 0.000000194. The van der Waals surface area contributed by atoms with Gasteiger partial charge in [0.25, 0.3) is 15.1 Å². The average molecular weight is 364 g/mol. The minimum atomic E-state index is -2.45. The maximum absolute atomic E-state index is 11.7. The Labute approximate surface area is 146 Å². The third-order valence-corrected chi connectivity index (χ3v) is 3.90. The number of hydrogen-bond acceptors (Lipinski definition) is 5. The molecule has 0 fully saturated rings. The zero-order valence-corrected chi connectivity index (χ0v) is 15.1. The van der Waals surface area contributed by atoms with E-state index in [0.717, 1.165) is 22.4 Å². The molecule has 0 aliphatic heterocycles. The van der Waals surface area contributed by atoms with Crippen LogP contribution >= 0.6 is 0 Å². The summed E-state index contributed by atoms with van der Waals surface area (Å²) in [7, 11) is -2.45. The van der Waals surface area contributed by atoms with Gasteiger partial charge in [-0.3, -0.25) is 5.10 Å². The molecule has 0 aliphatic carbocycles. The number of nitrogens with zero attached hydrogens (tertiary/aromatic N) is 5. The Hall–Kier alpha value is -2.88. The van der Waals surface area contributed by atoms with E-state index in [9.17, 15) is 13.2 Å². The van der Waals surface area contributed by atoms with Crippen molar-refractivity contribution in [1.82, 2.24) is 29.0 Å². The molecule has 0 atom stereocenters. The first kappa shape index (κ1) is 18.5. The number of carbonyl (C=O) groups excluding carboxylic acids is 1. The number of imidazole rings is 1. The highest BCUT2D eigenvalue weighted by atomic mass is 32.2. The first-order valence-corrected chi connectivity index (χ1v) is 8.79. The predicted octanol–water partition coefficient (Wildman–Crippen LogP) is 1.57. The molecule has 0 saturated heterocycles. The van der Waals surface area contributed by atoms with Crippen molar-refractivity contribution in [1.29, 1.82) is 0 Å². The first-order valence-electron chi connectivity index (χ1n) is 7.71. The van der Waals surface area contributed by atoms with E-state index in [-0.39, 0.29) is 10.8 Å². The van der Waals surface area contributed by atoms with Gasteiger partial charge in [0.15, 0.2) is 0 Å². The van der Waals surface area contributed by atoms with Crippen LogP contribution in [0.1, 0.15) is 19.5 Å². The predicted molar refractivity (Wildman–Crippen MR) is 92.4 cm³/mol. The lowest BCUT2D eigenvalue weighted by atomic mass is 10.5. The maximum atomic E-state index is 11.7. The quantitative estimate of drug-likeness (QED) is 0.695. The van der Waals surface area contributed by atoms with E-state index < -0.39 is 10.3 Å². The zero-order valence-electron chi connectivity index (χ0n) is 14.2. The standard InChI is InChI=1S/C8H8N2.C7H12N4O3S/c1-7-6-10-5-3-2-4-8(10)9-7;1-3-10(4-2)7(12)11-5-8-6(9-11)15(13)14/h2-6H,1H3;5,9H,3-4H2,1-2H3. The molecule has 10 heteroatoms. The van der Waals surface area contributed by atoms with Crippen molar-refractivity contribution < 1.29 is 13.2 Å². The van der Waals surface area contributed by atoms with Gasteiger partial charge in [0.05, 0.1) is 5.69 Å². The number of aryl methyl sites for hydroxylation is 1. The van der Waals surface area contributed by atoms with Crippen molar-refractivity contribution in [3.05, 3.63) is 47.4 Å². The summed E-state index contributed by atoms with van der Waals surface area (Å²) >= 11 is 0. The smallest absolute Gasteiger partial charge is 0.323 e. The summed E-state index contributed by atoms with van der Waals surface area (Å²) in [5.74, 6) is 0. The molecule has 3 heterocycles. The summed E-state index contributed by atoms with van der Waals surface area (Å²) in [6, 6.07) is 5.65. The van der Waals surface area contributed by atoms with Crippen molar-refractivity contribution in [2.45, 2.75) is 20.8 Å². The molecule has 0 radical (unpaired) electrons. The highest BCUT2D eigenvalue weighted by Crippen LogP contribution is 2.01. The minimum absolute atomic E-state index is 0.254. The number of carbonyl (C=O) groups is 1.